The van der Waals surface area contributed by atoms with E-state index in [1.54, 1.807) is 12.1 Å². The van der Waals surface area contributed by atoms with E-state index in [0.29, 0.717) is 12.1 Å². The third-order valence-corrected chi connectivity index (χ3v) is 6.85. The van der Waals surface area contributed by atoms with Crippen LogP contribution in [0.3, 0.4) is 0 Å². The topological polar surface area (TPSA) is 27.5 Å². The average Bonchev–Trinajstić information content (AvgIpc) is 3.03. The minimum atomic E-state index is -0.163. The molecule has 0 spiro atoms. The molecule has 0 saturated carbocycles. The van der Waals surface area contributed by atoms with Crippen LogP contribution in [-0.2, 0) is 6.54 Å². The lowest BCUT2D eigenvalue weighted by Crippen LogP contribution is -2.55. The molecule has 2 aliphatic rings. The van der Waals surface area contributed by atoms with Gasteiger partial charge in [-0.25, -0.2) is 4.39 Å². The average molecular weight is 414 g/mol. The molecule has 5 nitrogen and oxygen atoms in total. The predicted molar refractivity (Wildman–Crippen MR) is 121 cm³/mol. The van der Waals surface area contributed by atoms with E-state index in [1.807, 2.05) is 12.1 Å². The van der Waals surface area contributed by atoms with Crippen molar-refractivity contribution < 1.29 is 4.39 Å². The Labute approximate surface area is 180 Å². The Hall–Kier alpha value is -1.92. The number of nitrogens with zero attached hydrogens (tertiary/aromatic N) is 5. The number of benzene rings is 1. The minimum Gasteiger partial charge on any atom is -0.369 e. The molecule has 2 aliphatic heterocycles. The fraction of sp³-hybridized carbons (Fsp3) is 0.625. The van der Waals surface area contributed by atoms with Gasteiger partial charge in [-0.2, -0.15) is 5.10 Å². The molecule has 1 aromatic heterocycles. The second kappa shape index (κ2) is 9.06. The Balaban J connectivity index is 1.34. The van der Waals surface area contributed by atoms with Gasteiger partial charge in [-0.05, 0) is 71.3 Å². The van der Waals surface area contributed by atoms with E-state index in [0.717, 1.165) is 45.0 Å². The van der Waals surface area contributed by atoms with Crippen molar-refractivity contribution in [1.82, 2.24) is 19.6 Å². The van der Waals surface area contributed by atoms with E-state index in [4.69, 9.17) is 5.10 Å². The molecule has 2 saturated heterocycles. The third-order valence-electron chi connectivity index (χ3n) is 6.85. The summed E-state index contributed by atoms with van der Waals surface area (Å²) in [4.78, 5) is 7.68. The fourth-order valence-corrected chi connectivity index (χ4v) is 5.12. The van der Waals surface area contributed by atoms with Crippen LogP contribution in [0.1, 0.15) is 49.7 Å². The maximum Gasteiger partial charge on any atom is 0.123 e. The zero-order valence-electron chi connectivity index (χ0n) is 18.9. The molecule has 30 heavy (non-hydrogen) atoms. The predicted octanol–water partition coefficient (Wildman–Crippen LogP) is 4.01. The summed E-state index contributed by atoms with van der Waals surface area (Å²) in [6, 6.07) is 7.96. The molecule has 164 valence electrons. The molecule has 1 atom stereocenters. The first-order valence-electron chi connectivity index (χ1n) is 11.4. The van der Waals surface area contributed by atoms with Gasteiger partial charge in [0.05, 0.1) is 5.69 Å². The number of hydrogen-bond donors (Lipinski definition) is 0. The Morgan fingerprint density at radius 3 is 2.37 bits per heavy atom. The van der Waals surface area contributed by atoms with Crippen molar-refractivity contribution in [2.24, 2.45) is 0 Å². The first-order chi connectivity index (χ1) is 14.4. The second-order valence-corrected chi connectivity index (χ2v) is 9.22. The number of anilines is 1. The summed E-state index contributed by atoms with van der Waals surface area (Å²) in [7, 11) is 0. The summed E-state index contributed by atoms with van der Waals surface area (Å²) in [5, 5.41) is 4.78. The number of halogens is 1. The Morgan fingerprint density at radius 2 is 1.73 bits per heavy atom. The largest absolute Gasteiger partial charge is 0.369 e. The summed E-state index contributed by atoms with van der Waals surface area (Å²) in [5.41, 5.74) is 5.04. The van der Waals surface area contributed by atoms with Crippen LogP contribution in [0, 0.1) is 19.7 Å². The van der Waals surface area contributed by atoms with Crippen molar-refractivity contribution >= 4 is 5.69 Å². The number of piperazine rings is 1. The zero-order valence-corrected chi connectivity index (χ0v) is 18.9. The van der Waals surface area contributed by atoms with Gasteiger partial charge in [0.2, 0.25) is 0 Å². The first-order valence-corrected chi connectivity index (χ1v) is 11.4. The van der Waals surface area contributed by atoms with Crippen molar-refractivity contribution in [3.63, 3.8) is 0 Å². The molecular formula is C24H36FN5. The molecule has 1 aromatic carbocycles. The molecule has 2 fully saturated rings. The van der Waals surface area contributed by atoms with Crippen LogP contribution in [0.5, 0.6) is 0 Å². The van der Waals surface area contributed by atoms with Gasteiger partial charge in [-0.1, -0.05) is 0 Å². The van der Waals surface area contributed by atoms with Crippen LogP contribution in [0.4, 0.5) is 10.1 Å². The van der Waals surface area contributed by atoms with Crippen LogP contribution in [0.2, 0.25) is 0 Å². The highest BCUT2D eigenvalue weighted by molar-refractivity contribution is 5.46. The van der Waals surface area contributed by atoms with E-state index in [-0.39, 0.29) is 5.82 Å². The van der Waals surface area contributed by atoms with Crippen molar-refractivity contribution in [3.8, 4) is 0 Å². The number of piperidine rings is 1. The maximum atomic E-state index is 13.2. The number of aromatic nitrogens is 2. The smallest absolute Gasteiger partial charge is 0.123 e. The molecule has 0 amide bonds. The normalized spacial score (nSPS) is 21.5. The number of rotatable bonds is 5. The number of hydrogen-bond acceptors (Lipinski definition) is 4. The number of likely N-dealkylation sites (tertiary alicyclic amines) is 1. The lowest BCUT2D eigenvalue weighted by atomic mass is 10.0. The Morgan fingerprint density at radius 1 is 1.03 bits per heavy atom. The molecule has 0 N–H and O–H groups in total. The van der Waals surface area contributed by atoms with Gasteiger partial charge in [0, 0.05) is 68.3 Å². The van der Waals surface area contributed by atoms with E-state index in [2.05, 4.69) is 47.1 Å². The van der Waals surface area contributed by atoms with Gasteiger partial charge in [0.15, 0.2) is 0 Å². The lowest BCUT2D eigenvalue weighted by molar-refractivity contribution is 0.0885. The van der Waals surface area contributed by atoms with E-state index in [1.165, 1.54) is 36.3 Å². The number of aryl methyl sites for hydroxylation is 1. The fourth-order valence-electron chi connectivity index (χ4n) is 5.12. The molecule has 6 heteroatoms. The molecule has 2 aromatic rings. The highest BCUT2D eigenvalue weighted by Crippen LogP contribution is 2.24. The van der Waals surface area contributed by atoms with Crippen LogP contribution in [-0.4, -0.2) is 64.9 Å². The van der Waals surface area contributed by atoms with Gasteiger partial charge >= 0.3 is 0 Å². The minimum absolute atomic E-state index is 0.163. The van der Waals surface area contributed by atoms with Crippen LogP contribution < -0.4 is 4.90 Å². The van der Waals surface area contributed by atoms with Gasteiger partial charge in [-0.15, -0.1) is 0 Å². The van der Waals surface area contributed by atoms with Gasteiger partial charge in [-0.3, -0.25) is 14.5 Å². The summed E-state index contributed by atoms with van der Waals surface area (Å²) in [6.07, 6.45) is 2.55. The SMILES string of the molecule is Cc1nn(C(C)C)c(C)c1CN1CCC[C@@H](N2CCN(c3ccc(F)cc3)CC2)C1. The summed E-state index contributed by atoms with van der Waals surface area (Å²) in [5.74, 6) is -0.163. The van der Waals surface area contributed by atoms with E-state index >= 15 is 0 Å². The monoisotopic (exact) mass is 413 g/mol. The standard InChI is InChI=1S/C24H36FN5/c1-18(2)30-20(4)24(19(3)26-30)17-27-11-5-6-23(16-27)29-14-12-28(13-15-29)22-9-7-21(25)8-10-22/h7-10,18,23H,5-6,11-17H2,1-4H3/t23-/m1/s1. The quantitative estimate of drug-likeness (QED) is 0.740. The van der Waals surface area contributed by atoms with Crippen molar-refractivity contribution in [3.05, 3.63) is 47.0 Å². The lowest BCUT2D eigenvalue weighted by Gasteiger charge is -2.44. The molecule has 3 heterocycles. The van der Waals surface area contributed by atoms with Crippen LogP contribution in [0.15, 0.2) is 24.3 Å². The molecule has 0 radical (unpaired) electrons. The van der Waals surface area contributed by atoms with Crippen LogP contribution in [0.25, 0.3) is 0 Å². The Kier molecular flexibility index (Phi) is 6.44. The van der Waals surface area contributed by atoms with Gasteiger partial charge in [0.25, 0.3) is 0 Å². The Bertz CT molecular complexity index is 836. The van der Waals surface area contributed by atoms with E-state index in [9.17, 15) is 4.39 Å². The summed E-state index contributed by atoms with van der Waals surface area (Å²) >= 11 is 0. The molecule has 0 aliphatic carbocycles. The zero-order chi connectivity index (χ0) is 21.3. The van der Waals surface area contributed by atoms with E-state index < -0.39 is 0 Å². The molecule has 4 rings (SSSR count). The molecule has 0 unspecified atom stereocenters. The summed E-state index contributed by atoms with van der Waals surface area (Å²) < 4.78 is 15.4. The third kappa shape index (κ3) is 4.54. The maximum absolute atomic E-state index is 13.2. The highest BCUT2D eigenvalue weighted by atomic mass is 19.1. The highest BCUT2D eigenvalue weighted by Gasteiger charge is 2.29. The summed E-state index contributed by atoms with van der Waals surface area (Å²) in [6.45, 7) is 16.3. The van der Waals surface area contributed by atoms with Gasteiger partial charge < -0.3 is 4.90 Å². The van der Waals surface area contributed by atoms with Crippen molar-refractivity contribution in [2.75, 3.05) is 44.2 Å². The molecule has 0 bridgehead atoms. The van der Waals surface area contributed by atoms with Crippen molar-refractivity contribution in [1.29, 1.82) is 0 Å². The van der Waals surface area contributed by atoms with Crippen molar-refractivity contribution in [2.45, 2.75) is 59.2 Å². The second-order valence-electron chi connectivity index (χ2n) is 9.22. The van der Waals surface area contributed by atoms with Gasteiger partial charge in [0.1, 0.15) is 5.82 Å². The molecular weight excluding hydrogens is 377 g/mol. The first kappa shape index (κ1) is 21.3. The van der Waals surface area contributed by atoms with Crippen LogP contribution >= 0.6 is 0 Å².